The highest BCUT2D eigenvalue weighted by atomic mass is 16.6. The lowest BCUT2D eigenvalue weighted by Crippen LogP contribution is -2.36. The number of benzene rings is 1. The summed E-state index contributed by atoms with van der Waals surface area (Å²) < 4.78 is 0. The van der Waals surface area contributed by atoms with Gasteiger partial charge in [-0.3, -0.25) is 24.6 Å². The fourth-order valence-electron chi connectivity index (χ4n) is 2.44. The van der Waals surface area contributed by atoms with Crippen molar-refractivity contribution in [1.29, 1.82) is 0 Å². The molecular formula is C14H17N3O4. The van der Waals surface area contributed by atoms with Crippen LogP contribution in [0.15, 0.2) is 24.3 Å². The molecule has 1 saturated heterocycles. The van der Waals surface area contributed by atoms with E-state index in [0.717, 1.165) is 13.0 Å². The zero-order valence-electron chi connectivity index (χ0n) is 11.7. The van der Waals surface area contributed by atoms with E-state index in [-0.39, 0.29) is 30.0 Å². The minimum Gasteiger partial charge on any atom is -0.352 e. The summed E-state index contributed by atoms with van der Waals surface area (Å²) >= 11 is 0. The Hall–Kier alpha value is -2.28. The maximum Gasteiger partial charge on any atom is 0.269 e. The van der Waals surface area contributed by atoms with Gasteiger partial charge in [-0.05, 0) is 18.6 Å². The van der Waals surface area contributed by atoms with E-state index in [1.807, 2.05) is 4.90 Å². The standard InChI is InChI=1S/C14H17N3O4/c1-10(18)15-12-6-7-16(8-12)9-14(19)11-2-4-13(5-3-11)17(20)21/h2-5,12H,6-9H2,1H3,(H,15,18). The van der Waals surface area contributed by atoms with E-state index in [4.69, 9.17) is 0 Å². The second kappa shape index (κ2) is 6.45. The van der Waals surface area contributed by atoms with Crippen LogP contribution in [-0.2, 0) is 4.79 Å². The normalized spacial score (nSPS) is 18.4. The van der Waals surface area contributed by atoms with E-state index < -0.39 is 4.92 Å². The van der Waals surface area contributed by atoms with Gasteiger partial charge in [0.05, 0.1) is 11.5 Å². The van der Waals surface area contributed by atoms with Crippen molar-refractivity contribution < 1.29 is 14.5 Å². The summed E-state index contributed by atoms with van der Waals surface area (Å²) in [5.74, 6) is -0.142. The molecule has 0 aliphatic carbocycles. The molecule has 1 aliphatic rings. The maximum atomic E-state index is 12.1. The molecule has 112 valence electrons. The number of non-ortho nitro benzene ring substituents is 1. The third-order valence-electron chi connectivity index (χ3n) is 3.45. The number of rotatable bonds is 5. The van der Waals surface area contributed by atoms with E-state index in [9.17, 15) is 19.7 Å². The van der Waals surface area contributed by atoms with Gasteiger partial charge in [0, 0.05) is 43.8 Å². The van der Waals surface area contributed by atoms with E-state index in [2.05, 4.69) is 5.32 Å². The molecule has 1 unspecified atom stereocenters. The Morgan fingerprint density at radius 1 is 1.38 bits per heavy atom. The third-order valence-corrected chi connectivity index (χ3v) is 3.45. The summed E-state index contributed by atoms with van der Waals surface area (Å²) in [6.45, 7) is 3.14. The number of Topliss-reactive ketones (excluding diaryl/α,β-unsaturated/α-hetero) is 1. The van der Waals surface area contributed by atoms with Crippen LogP contribution in [0.5, 0.6) is 0 Å². The lowest BCUT2D eigenvalue weighted by atomic mass is 10.1. The van der Waals surface area contributed by atoms with Crippen molar-refractivity contribution in [3.8, 4) is 0 Å². The van der Waals surface area contributed by atoms with Gasteiger partial charge in [0.2, 0.25) is 5.91 Å². The molecule has 1 fully saturated rings. The fourth-order valence-corrected chi connectivity index (χ4v) is 2.44. The van der Waals surface area contributed by atoms with Gasteiger partial charge in [-0.15, -0.1) is 0 Å². The number of hydrogen-bond acceptors (Lipinski definition) is 5. The minimum atomic E-state index is -0.493. The molecule has 1 aromatic rings. The number of carbonyl (C=O) groups excluding carboxylic acids is 2. The molecule has 1 aromatic carbocycles. The second-order valence-electron chi connectivity index (χ2n) is 5.15. The summed E-state index contributed by atoms with van der Waals surface area (Å²) in [4.78, 5) is 35.1. The summed E-state index contributed by atoms with van der Waals surface area (Å²) in [6, 6.07) is 5.70. The molecule has 1 aliphatic heterocycles. The van der Waals surface area contributed by atoms with Crippen LogP contribution in [0, 0.1) is 10.1 Å². The molecule has 1 heterocycles. The highest BCUT2D eigenvalue weighted by molar-refractivity contribution is 5.97. The van der Waals surface area contributed by atoms with E-state index in [1.165, 1.54) is 31.2 Å². The first-order valence-electron chi connectivity index (χ1n) is 6.73. The minimum absolute atomic E-state index is 0.0292. The average Bonchev–Trinajstić information content (AvgIpc) is 2.85. The molecule has 0 aromatic heterocycles. The van der Waals surface area contributed by atoms with Gasteiger partial charge in [0.25, 0.3) is 5.69 Å². The lowest BCUT2D eigenvalue weighted by Gasteiger charge is -2.15. The van der Waals surface area contributed by atoms with Crippen LogP contribution in [0.25, 0.3) is 0 Å². The number of amides is 1. The Kier molecular flexibility index (Phi) is 4.64. The van der Waals surface area contributed by atoms with Crippen molar-refractivity contribution >= 4 is 17.4 Å². The van der Waals surface area contributed by atoms with Crippen molar-refractivity contribution in [2.45, 2.75) is 19.4 Å². The molecule has 7 heteroatoms. The number of ketones is 1. The predicted molar refractivity (Wildman–Crippen MR) is 76.1 cm³/mol. The van der Waals surface area contributed by atoms with E-state index in [1.54, 1.807) is 0 Å². The first-order chi connectivity index (χ1) is 9.95. The quantitative estimate of drug-likeness (QED) is 0.496. The topological polar surface area (TPSA) is 92.6 Å². The van der Waals surface area contributed by atoms with E-state index in [0.29, 0.717) is 12.1 Å². The molecule has 0 bridgehead atoms. The van der Waals surface area contributed by atoms with Gasteiger partial charge in [0.15, 0.2) is 5.78 Å². The first-order valence-corrected chi connectivity index (χ1v) is 6.73. The smallest absolute Gasteiger partial charge is 0.269 e. The molecule has 1 N–H and O–H groups in total. The first kappa shape index (κ1) is 15.1. The van der Waals surface area contributed by atoms with Crippen LogP contribution in [0.3, 0.4) is 0 Å². The van der Waals surface area contributed by atoms with Crippen LogP contribution < -0.4 is 5.32 Å². The lowest BCUT2D eigenvalue weighted by molar-refractivity contribution is -0.384. The molecule has 0 radical (unpaired) electrons. The van der Waals surface area contributed by atoms with Gasteiger partial charge in [0.1, 0.15) is 0 Å². The monoisotopic (exact) mass is 291 g/mol. The number of nitro benzene ring substituents is 1. The van der Waals surface area contributed by atoms with Gasteiger partial charge in [-0.25, -0.2) is 0 Å². The van der Waals surface area contributed by atoms with Crippen LogP contribution in [0.1, 0.15) is 23.7 Å². The molecule has 0 saturated carbocycles. The number of hydrogen-bond donors (Lipinski definition) is 1. The Morgan fingerprint density at radius 3 is 2.62 bits per heavy atom. The van der Waals surface area contributed by atoms with Crippen molar-refractivity contribution in [1.82, 2.24) is 10.2 Å². The Labute approximate surface area is 122 Å². The Morgan fingerprint density at radius 2 is 2.05 bits per heavy atom. The Balaban J connectivity index is 1.90. The number of carbonyl (C=O) groups is 2. The van der Waals surface area contributed by atoms with Gasteiger partial charge >= 0.3 is 0 Å². The number of nitrogens with zero attached hydrogens (tertiary/aromatic N) is 2. The second-order valence-corrected chi connectivity index (χ2v) is 5.15. The number of nitrogens with one attached hydrogen (secondary N) is 1. The van der Waals surface area contributed by atoms with Gasteiger partial charge < -0.3 is 5.32 Å². The maximum absolute atomic E-state index is 12.1. The molecule has 1 atom stereocenters. The molecule has 1 amide bonds. The predicted octanol–water partition coefficient (Wildman–Crippen LogP) is 0.988. The summed E-state index contributed by atoms with van der Waals surface area (Å²) in [6.07, 6.45) is 0.827. The van der Waals surface area contributed by atoms with Crippen LogP contribution in [0.2, 0.25) is 0 Å². The van der Waals surface area contributed by atoms with Gasteiger partial charge in [-0.1, -0.05) is 0 Å². The molecule has 21 heavy (non-hydrogen) atoms. The Bertz CT molecular complexity index is 556. The molecular weight excluding hydrogens is 274 g/mol. The van der Waals surface area contributed by atoms with Crippen molar-refractivity contribution in [3.05, 3.63) is 39.9 Å². The van der Waals surface area contributed by atoms with Crippen LogP contribution >= 0.6 is 0 Å². The zero-order valence-corrected chi connectivity index (χ0v) is 11.7. The molecule has 0 spiro atoms. The molecule has 2 rings (SSSR count). The summed E-state index contributed by atoms with van der Waals surface area (Å²) in [5.41, 5.74) is 0.432. The highest BCUT2D eigenvalue weighted by Crippen LogP contribution is 2.14. The van der Waals surface area contributed by atoms with Crippen molar-refractivity contribution in [2.75, 3.05) is 19.6 Å². The third kappa shape index (κ3) is 4.09. The number of likely N-dealkylation sites (tertiary alicyclic amines) is 1. The van der Waals surface area contributed by atoms with Crippen molar-refractivity contribution in [3.63, 3.8) is 0 Å². The van der Waals surface area contributed by atoms with Crippen LogP contribution in [-0.4, -0.2) is 47.2 Å². The fraction of sp³-hybridized carbons (Fsp3) is 0.429. The zero-order chi connectivity index (χ0) is 15.4. The van der Waals surface area contributed by atoms with Crippen molar-refractivity contribution in [2.24, 2.45) is 0 Å². The van der Waals surface area contributed by atoms with Crippen LogP contribution in [0.4, 0.5) is 5.69 Å². The average molecular weight is 291 g/mol. The highest BCUT2D eigenvalue weighted by Gasteiger charge is 2.24. The largest absolute Gasteiger partial charge is 0.352 e. The molecule has 7 nitrogen and oxygen atoms in total. The van der Waals surface area contributed by atoms with Gasteiger partial charge in [-0.2, -0.15) is 0 Å². The SMILES string of the molecule is CC(=O)NC1CCN(CC(=O)c2ccc([N+](=O)[O-])cc2)C1. The summed E-state index contributed by atoms with van der Waals surface area (Å²) in [5, 5.41) is 13.4. The summed E-state index contributed by atoms with van der Waals surface area (Å²) in [7, 11) is 0. The van der Waals surface area contributed by atoms with E-state index >= 15 is 0 Å². The number of nitro groups is 1.